The van der Waals surface area contributed by atoms with E-state index in [2.05, 4.69) is 5.10 Å². The summed E-state index contributed by atoms with van der Waals surface area (Å²) in [5.74, 6) is -0.576. The zero-order valence-electron chi connectivity index (χ0n) is 27.6. The first-order chi connectivity index (χ1) is 23.0. The molecule has 0 fully saturated rings. The number of nitrogens with zero attached hydrogens (tertiary/aromatic N) is 6. The number of aliphatic hydroxyl groups excluding tert-OH is 1. The SMILES string of the molecule is CCCN1C(=O)c2c(nc(-c3cnn(Cc4cccc(C(F)(F)F)c4)c3)n2C(CC)OC(=O)CCOCCOCCOC)N(CC)C1O. The molecule has 3 aromatic rings. The molecule has 16 heteroatoms. The number of hydrogen-bond acceptors (Lipinski definition) is 10. The number of aromatic nitrogens is 4. The number of halogens is 3. The van der Waals surface area contributed by atoms with E-state index in [0.717, 1.165) is 12.1 Å². The fraction of sp³-hybridized carbons (Fsp3) is 0.562. The Morgan fingerprint density at radius 1 is 1.06 bits per heavy atom. The van der Waals surface area contributed by atoms with Crippen molar-refractivity contribution in [2.75, 3.05) is 58.1 Å². The van der Waals surface area contributed by atoms with E-state index >= 15 is 0 Å². The molecule has 0 bridgehead atoms. The largest absolute Gasteiger partial charge is 0.441 e. The van der Waals surface area contributed by atoms with Crippen LogP contribution in [0.2, 0.25) is 0 Å². The van der Waals surface area contributed by atoms with E-state index in [9.17, 15) is 27.9 Å². The van der Waals surface area contributed by atoms with Crippen LogP contribution in [-0.2, 0) is 36.5 Å². The van der Waals surface area contributed by atoms with Gasteiger partial charge in [-0.2, -0.15) is 18.3 Å². The molecule has 0 spiro atoms. The van der Waals surface area contributed by atoms with Gasteiger partial charge in [0.15, 0.2) is 17.7 Å². The average molecular weight is 681 g/mol. The summed E-state index contributed by atoms with van der Waals surface area (Å²) in [5.41, 5.74) is 0.192. The van der Waals surface area contributed by atoms with Crippen molar-refractivity contribution in [1.29, 1.82) is 0 Å². The zero-order chi connectivity index (χ0) is 34.8. The molecule has 2 aromatic heterocycles. The van der Waals surface area contributed by atoms with E-state index in [-0.39, 0.29) is 56.5 Å². The summed E-state index contributed by atoms with van der Waals surface area (Å²) in [4.78, 5) is 34.6. The highest BCUT2D eigenvalue weighted by molar-refractivity contribution is 6.00. The molecule has 3 heterocycles. The molecule has 0 saturated heterocycles. The van der Waals surface area contributed by atoms with Gasteiger partial charge in [0.2, 0.25) is 6.35 Å². The van der Waals surface area contributed by atoms with Crippen LogP contribution in [0.5, 0.6) is 0 Å². The lowest BCUT2D eigenvalue weighted by atomic mass is 10.1. The molecular formula is C32H43F3N6O7. The molecule has 0 radical (unpaired) electrons. The maximum absolute atomic E-state index is 13.9. The van der Waals surface area contributed by atoms with E-state index in [0.29, 0.717) is 43.9 Å². The van der Waals surface area contributed by atoms with Crippen molar-refractivity contribution in [1.82, 2.24) is 24.2 Å². The maximum atomic E-state index is 13.9. The van der Waals surface area contributed by atoms with Crippen molar-refractivity contribution in [3.05, 3.63) is 53.5 Å². The van der Waals surface area contributed by atoms with Crippen LogP contribution in [0.3, 0.4) is 0 Å². The number of anilines is 1. The summed E-state index contributed by atoms with van der Waals surface area (Å²) in [5, 5.41) is 15.5. The number of rotatable bonds is 18. The van der Waals surface area contributed by atoms with Gasteiger partial charge < -0.3 is 29.0 Å². The summed E-state index contributed by atoms with van der Waals surface area (Å²) in [6.07, 6.45) is -2.82. The number of aliphatic hydroxyl groups is 1. The molecule has 0 aliphatic carbocycles. The molecule has 4 rings (SSSR count). The molecule has 13 nitrogen and oxygen atoms in total. The first kappa shape index (κ1) is 36.8. The highest BCUT2D eigenvalue weighted by Gasteiger charge is 2.42. The molecule has 2 atom stereocenters. The van der Waals surface area contributed by atoms with Crippen molar-refractivity contribution in [3.63, 3.8) is 0 Å². The van der Waals surface area contributed by atoms with Crippen molar-refractivity contribution in [3.8, 4) is 11.4 Å². The third-order valence-corrected chi connectivity index (χ3v) is 7.64. The lowest BCUT2D eigenvalue weighted by molar-refractivity contribution is -0.155. The van der Waals surface area contributed by atoms with Crippen molar-refractivity contribution in [2.45, 2.75) is 65.3 Å². The predicted octanol–water partition coefficient (Wildman–Crippen LogP) is 4.30. The smallest absolute Gasteiger partial charge is 0.416 e. The molecule has 1 aliphatic heterocycles. The number of benzene rings is 1. The van der Waals surface area contributed by atoms with Crippen LogP contribution in [0.1, 0.15) is 67.9 Å². The van der Waals surface area contributed by atoms with E-state index in [1.165, 1.54) is 21.8 Å². The summed E-state index contributed by atoms with van der Waals surface area (Å²) < 4.78 is 64.6. The molecular weight excluding hydrogens is 637 g/mol. The van der Waals surface area contributed by atoms with Crippen LogP contribution >= 0.6 is 0 Å². The number of fused-ring (bicyclic) bond motifs is 1. The third-order valence-electron chi connectivity index (χ3n) is 7.64. The highest BCUT2D eigenvalue weighted by atomic mass is 19.4. The van der Waals surface area contributed by atoms with Crippen LogP contribution in [0.15, 0.2) is 36.7 Å². The van der Waals surface area contributed by atoms with Gasteiger partial charge in [0, 0.05) is 32.8 Å². The lowest BCUT2D eigenvalue weighted by Crippen LogP contribution is -2.56. The Labute approximate surface area is 277 Å². The molecule has 1 N–H and O–H groups in total. The van der Waals surface area contributed by atoms with Crippen LogP contribution in [0, 0.1) is 0 Å². The van der Waals surface area contributed by atoms with E-state index in [1.807, 2.05) is 13.8 Å². The average Bonchev–Trinajstić information content (AvgIpc) is 3.68. The highest BCUT2D eigenvalue weighted by Crippen LogP contribution is 2.38. The number of methoxy groups -OCH3 is 1. The van der Waals surface area contributed by atoms with Gasteiger partial charge in [0.25, 0.3) is 5.91 Å². The Balaban J connectivity index is 1.64. The second-order valence-electron chi connectivity index (χ2n) is 11.1. The summed E-state index contributed by atoms with van der Waals surface area (Å²) in [7, 11) is 1.58. The zero-order valence-corrected chi connectivity index (χ0v) is 27.6. The fourth-order valence-electron chi connectivity index (χ4n) is 5.34. The van der Waals surface area contributed by atoms with Crippen LogP contribution in [0.4, 0.5) is 19.0 Å². The Morgan fingerprint density at radius 2 is 1.79 bits per heavy atom. The van der Waals surface area contributed by atoms with Crippen LogP contribution in [0.25, 0.3) is 11.4 Å². The van der Waals surface area contributed by atoms with E-state index < -0.39 is 36.2 Å². The number of amides is 1. The van der Waals surface area contributed by atoms with Crippen LogP contribution < -0.4 is 4.90 Å². The maximum Gasteiger partial charge on any atom is 0.416 e. The predicted molar refractivity (Wildman–Crippen MR) is 168 cm³/mol. The second kappa shape index (κ2) is 16.9. The number of alkyl halides is 3. The lowest BCUT2D eigenvalue weighted by Gasteiger charge is -2.40. The van der Waals surface area contributed by atoms with E-state index in [4.69, 9.17) is 23.9 Å². The molecule has 1 amide bonds. The van der Waals surface area contributed by atoms with Gasteiger partial charge in [0.1, 0.15) is 5.82 Å². The summed E-state index contributed by atoms with van der Waals surface area (Å²) in [6, 6.07) is 4.97. The van der Waals surface area contributed by atoms with Gasteiger partial charge in [-0.15, -0.1) is 0 Å². The molecule has 48 heavy (non-hydrogen) atoms. The number of ether oxygens (including phenoxy) is 4. The number of imidazole rings is 1. The molecule has 1 aromatic carbocycles. The Hall–Kier alpha value is -3.99. The normalized spacial score (nSPS) is 15.6. The van der Waals surface area contributed by atoms with Gasteiger partial charge in [-0.1, -0.05) is 26.0 Å². The molecule has 264 valence electrons. The molecule has 1 aliphatic rings. The summed E-state index contributed by atoms with van der Waals surface area (Å²) >= 11 is 0. The van der Waals surface area contributed by atoms with Gasteiger partial charge in [0.05, 0.1) is 63.3 Å². The Bertz CT molecular complexity index is 1510. The number of carbonyl (C=O) groups excluding carboxylic acids is 2. The molecule has 0 saturated carbocycles. The Kier molecular flexibility index (Phi) is 13.0. The topological polar surface area (TPSA) is 133 Å². The second-order valence-corrected chi connectivity index (χ2v) is 11.1. The third kappa shape index (κ3) is 8.72. The summed E-state index contributed by atoms with van der Waals surface area (Å²) in [6.45, 7) is 7.75. The monoisotopic (exact) mass is 680 g/mol. The van der Waals surface area contributed by atoms with Crippen molar-refractivity contribution in [2.24, 2.45) is 0 Å². The number of esters is 1. The van der Waals surface area contributed by atoms with Gasteiger partial charge in [-0.3, -0.25) is 23.7 Å². The minimum absolute atomic E-state index is 0.0387. The first-order valence-corrected chi connectivity index (χ1v) is 15.9. The number of hydrogen-bond donors (Lipinski definition) is 1. The van der Waals surface area contributed by atoms with Crippen molar-refractivity contribution < 1.29 is 46.8 Å². The van der Waals surface area contributed by atoms with Gasteiger partial charge in [-0.05, 0) is 31.0 Å². The fourth-order valence-corrected chi connectivity index (χ4v) is 5.34. The number of carbonyl (C=O) groups is 2. The first-order valence-electron chi connectivity index (χ1n) is 15.9. The Morgan fingerprint density at radius 3 is 2.46 bits per heavy atom. The molecule has 2 unspecified atom stereocenters. The van der Waals surface area contributed by atoms with Crippen molar-refractivity contribution >= 4 is 17.7 Å². The standard InChI is InChI=1S/C32H43F3N6O7/c1-5-12-40-30(43)27-29(39(7-3)31(40)44)37-28(23-19-36-38(21-23)20-22-9-8-10-24(18-22)32(33,34)35)41(27)25(6-2)48-26(42)11-13-46-16-17-47-15-14-45-4/h8-10,18-19,21,25,31,44H,5-7,11-17,20H2,1-4H3. The van der Waals surface area contributed by atoms with E-state index in [1.54, 1.807) is 35.8 Å². The minimum atomic E-state index is -4.49. The van der Waals surface area contributed by atoms with Crippen LogP contribution in [-0.4, -0.2) is 101 Å². The quantitative estimate of drug-likeness (QED) is 0.153. The minimum Gasteiger partial charge on any atom is -0.441 e. The van der Waals surface area contributed by atoms with Gasteiger partial charge >= 0.3 is 12.1 Å². The van der Waals surface area contributed by atoms with Gasteiger partial charge in [-0.25, -0.2) is 4.98 Å².